The minimum absolute atomic E-state index is 0.0707. The highest BCUT2D eigenvalue weighted by molar-refractivity contribution is 5.82. The molecular formula is C25H32N2O6. The maximum absolute atomic E-state index is 12.3. The minimum atomic E-state index is -0.759. The fourth-order valence-corrected chi connectivity index (χ4v) is 4.58. The van der Waals surface area contributed by atoms with Crippen molar-refractivity contribution in [1.82, 2.24) is 4.98 Å². The van der Waals surface area contributed by atoms with Crippen LogP contribution >= 0.6 is 0 Å². The van der Waals surface area contributed by atoms with Crippen molar-refractivity contribution >= 4 is 12.1 Å². The lowest BCUT2D eigenvalue weighted by Gasteiger charge is -2.29. The molecule has 5 atom stereocenters. The Labute approximate surface area is 194 Å². The number of esters is 1. The van der Waals surface area contributed by atoms with Gasteiger partial charge in [-0.2, -0.15) is 4.91 Å². The number of pyridine rings is 1. The van der Waals surface area contributed by atoms with Crippen molar-refractivity contribution in [2.24, 2.45) is 16.5 Å². The molecule has 0 radical (unpaired) electrons. The number of ether oxygens (including phenoxy) is 3. The van der Waals surface area contributed by atoms with E-state index in [1.165, 1.54) is 12.2 Å². The van der Waals surface area contributed by atoms with Crippen LogP contribution in [0.5, 0.6) is 0 Å². The quantitative estimate of drug-likeness (QED) is 0.349. The largest absolute Gasteiger partial charge is 0.508 e. The summed E-state index contributed by atoms with van der Waals surface area (Å²) >= 11 is 0. The first-order chi connectivity index (χ1) is 15.8. The minimum Gasteiger partial charge on any atom is -0.460 e. The van der Waals surface area contributed by atoms with E-state index in [0.717, 1.165) is 30.5 Å². The predicted octanol–water partition coefficient (Wildman–Crippen LogP) is 5.19. The van der Waals surface area contributed by atoms with Gasteiger partial charge in [-0.25, -0.2) is 9.59 Å². The number of carbonyl (C=O) groups excluding carboxylic acids is 2. The van der Waals surface area contributed by atoms with Crippen LogP contribution in [0.4, 0.5) is 4.79 Å². The zero-order valence-corrected chi connectivity index (χ0v) is 19.4. The second-order valence-corrected chi connectivity index (χ2v) is 9.17. The molecule has 1 aliphatic carbocycles. The average molecular weight is 457 g/mol. The highest BCUT2D eigenvalue weighted by Gasteiger charge is 2.47. The predicted molar refractivity (Wildman–Crippen MR) is 122 cm³/mol. The van der Waals surface area contributed by atoms with E-state index in [0.29, 0.717) is 12.8 Å². The van der Waals surface area contributed by atoms with Crippen LogP contribution in [0.2, 0.25) is 0 Å². The molecule has 3 rings (SSSR count). The van der Waals surface area contributed by atoms with Crippen LogP contribution in [0.25, 0.3) is 0 Å². The van der Waals surface area contributed by atoms with E-state index in [-0.39, 0.29) is 18.6 Å². The topological polar surface area (TPSA) is 104 Å². The van der Waals surface area contributed by atoms with Gasteiger partial charge in [-0.3, -0.25) is 4.98 Å². The van der Waals surface area contributed by atoms with E-state index in [1.54, 1.807) is 6.20 Å². The molecule has 8 nitrogen and oxygen atoms in total. The van der Waals surface area contributed by atoms with Gasteiger partial charge < -0.3 is 14.2 Å². The second kappa shape index (κ2) is 11.2. The number of aromatic nitrogens is 1. The Bertz CT molecular complexity index is 897. The van der Waals surface area contributed by atoms with Gasteiger partial charge in [-0.15, -0.1) is 0 Å². The molecular weight excluding hydrogens is 424 g/mol. The van der Waals surface area contributed by atoms with Gasteiger partial charge in [-0.05, 0) is 63.5 Å². The Morgan fingerprint density at radius 3 is 2.91 bits per heavy atom. The molecule has 0 bridgehead atoms. The van der Waals surface area contributed by atoms with Gasteiger partial charge in [0.2, 0.25) is 0 Å². The number of aryl methyl sites for hydroxylation is 1. The molecule has 1 aliphatic heterocycles. The molecule has 2 heterocycles. The summed E-state index contributed by atoms with van der Waals surface area (Å²) < 4.78 is 16.2. The number of hydrogen-bond acceptors (Lipinski definition) is 8. The highest BCUT2D eigenvalue weighted by atomic mass is 16.7. The number of carbonyl (C=O) groups is 2. The molecule has 0 N–H and O–H groups in total. The van der Waals surface area contributed by atoms with Crippen molar-refractivity contribution in [2.75, 3.05) is 0 Å². The Balaban J connectivity index is 1.68. The third kappa shape index (κ3) is 6.97. The van der Waals surface area contributed by atoms with Crippen molar-refractivity contribution in [1.29, 1.82) is 0 Å². The summed E-state index contributed by atoms with van der Waals surface area (Å²) in [4.78, 5) is 40.3. The normalized spacial score (nSPS) is 32.2. The van der Waals surface area contributed by atoms with Gasteiger partial charge in [0.15, 0.2) is 0 Å². The first kappa shape index (κ1) is 24.6. The lowest BCUT2D eigenvalue weighted by atomic mass is 9.75. The lowest BCUT2D eigenvalue weighted by Crippen LogP contribution is -2.28. The summed E-state index contributed by atoms with van der Waals surface area (Å²) in [5, 5.41) is 3.28. The molecule has 0 aromatic carbocycles. The molecule has 0 amide bonds. The number of rotatable bonds is 4. The first-order valence-corrected chi connectivity index (χ1v) is 11.4. The van der Waals surface area contributed by atoms with E-state index in [9.17, 15) is 14.5 Å². The molecule has 1 aromatic heterocycles. The molecule has 33 heavy (non-hydrogen) atoms. The van der Waals surface area contributed by atoms with E-state index in [4.69, 9.17) is 14.2 Å². The molecule has 1 unspecified atom stereocenters. The Kier molecular flexibility index (Phi) is 8.36. The van der Waals surface area contributed by atoms with Gasteiger partial charge >= 0.3 is 12.1 Å². The third-order valence-electron chi connectivity index (χ3n) is 6.38. The molecule has 178 valence electrons. The number of hydrogen-bond donors (Lipinski definition) is 0. The van der Waals surface area contributed by atoms with E-state index in [2.05, 4.69) is 22.3 Å². The molecule has 1 fully saturated rings. The fraction of sp³-hybridized carbons (Fsp3) is 0.560. The van der Waals surface area contributed by atoms with Gasteiger partial charge in [0.25, 0.3) is 0 Å². The second-order valence-electron chi connectivity index (χ2n) is 9.17. The van der Waals surface area contributed by atoms with Crippen molar-refractivity contribution in [2.45, 2.75) is 77.7 Å². The SMILES string of the molecule is Cc1ccc(COC(=O)OC2C[C@H]3[C@H](N=O)/C=C/C(=O)O[C@@H](C)CCC/C=C/[C@]3(C)C2)cn1. The fourth-order valence-electron chi connectivity index (χ4n) is 4.58. The highest BCUT2D eigenvalue weighted by Crippen LogP contribution is 2.48. The maximum Gasteiger partial charge on any atom is 0.508 e. The number of nitrogens with zero attached hydrogens (tertiary/aromatic N) is 2. The lowest BCUT2D eigenvalue weighted by molar-refractivity contribution is -0.142. The van der Waals surface area contributed by atoms with E-state index < -0.39 is 29.7 Å². The molecule has 0 spiro atoms. The molecule has 8 heteroatoms. The molecule has 2 aliphatic rings. The Hall–Kier alpha value is -3.03. The average Bonchev–Trinajstić information content (AvgIpc) is 3.09. The van der Waals surface area contributed by atoms with Crippen LogP contribution in [-0.2, 0) is 25.6 Å². The van der Waals surface area contributed by atoms with E-state index in [1.807, 2.05) is 32.9 Å². The number of allylic oxidation sites excluding steroid dienone is 2. The molecule has 1 aromatic rings. The van der Waals surface area contributed by atoms with Crippen LogP contribution in [-0.4, -0.2) is 35.4 Å². The monoisotopic (exact) mass is 456 g/mol. The summed E-state index contributed by atoms with van der Waals surface area (Å²) in [6, 6.07) is 2.95. The van der Waals surface area contributed by atoms with Crippen molar-refractivity contribution in [3.63, 3.8) is 0 Å². The summed E-state index contributed by atoms with van der Waals surface area (Å²) in [5.41, 5.74) is 1.23. The van der Waals surface area contributed by atoms with E-state index >= 15 is 0 Å². The molecule has 1 saturated carbocycles. The van der Waals surface area contributed by atoms with Crippen LogP contribution in [0.1, 0.15) is 57.2 Å². The Morgan fingerprint density at radius 1 is 1.36 bits per heavy atom. The summed E-state index contributed by atoms with van der Waals surface area (Å²) in [6.45, 7) is 5.85. The van der Waals surface area contributed by atoms with Crippen LogP contribution in [0.15, 0.2) is 47.8 Å². The Morgan fingerprint density at radius 2 is 2.18 bits per heavy atom. The van der Waals surface area contributed by atoms with Crippen molar-refractivity contribution in [3.8, 4) is 0 Å². The summed E-state index contributed by atoms with van der Waals surface area (Å²) in [6.07, 6.45) is 10.7. The first-order valence-electron chi connectivity index (χ1n) is 11.4. The summed E-state index contributed by atoms with van der Waals surface area (Å²) in [7, 11) is 0. The van der Waals surface area contributed by atoms with Gasteiger partial charge in [0, 0.05) is 29.4 Å². The van der Waals surface area contributed by atoms with Crippen LogP contribution in [0.3, 0.4) is 0 Å². The molecule has 0 saturated heterocycles. The van der Waals surface area contributed by atoms with Gasteiger partial charge in [0.1, 0.15) is 18.8 Å². The standard InChI is InChI=1S/C25H32N2O6/c1-17-8-9-19(15-26-17)16-31-24(29)33-20-13-21-22(27-30)10-11-23(28)32-18(2)7-5-4-6-12-25(21,3)14-20/h6,8-12,15,18,20-22H,4-5,7,13-14,16H2,1-3H3/b11-10+,12-6+/t18-,20?,21-,22+,25+/m0/s1. The summed E-state index contributed by atoms with van der Waals surface area (Å²) in [5.74, 6) is -0.711. The van der Waals surface area contributed by atoms with Crippen molar-refractivity contribution in [3.05, 3.63) is 58.8 Å². The van der Waals surface area contributed by atoms with Crippen molar-refractivity contribution < 1.29 is 23.8 Å². The zero-order chi connectivity index (χ0) is 23.8. The maximum atomic E-state index is 12.3. The van der Waals surface area contributed by atoms with Gasteiger partial charge in [-0.1, -0.05) is 30.3 Å². The number of fused-ring (bicyclic) bond motifs is 1. The third-order valence-corrected chi connectivity index (χ3v) is 6.38. The van der Waals surface area contributed by atoms with Crippen LogP contribution < -0.4 is 0 Å². The zero-order valence-electron chi connectivity index (χ0n) is 19.4. The van der Waals surface area contributed by atoms with Crippen LogP contribution in [0, 0.1) is 23.2 Å². The number of nitroso groups, excluding NO2 is 1. The number of cyclic esters (lactones) is 1. The van der Waals surface area contributed by atoms with Gasteiger partial charge in [0.05, 0.1) is 6.10 Å². The smallest absolute Gasteiger partial charge is 0.460 e.